The largest absolute Gasteiger partial charge is 0.491 e. The van der Waals surface area contributed by atoms with Gasteiger partial charge in [-0.05, 0) is 38.3 Å². The first-order valence-corrected chi connectivity index (χ1v) is 11.9. The average Bonchev–Trinajstić information content (AvgIpc) is 3.16. The van der Waals surface area contributed by atoms with E-state index >= 15 is 0 Å². The third-order valence-electron chi connectivity index (χ3n) is 4.84. The van der Waals surface area contributed by atoms with E-state index in [9.17, 15) is 8.42 Å². The first-order chi connectivity index (χ1) is 13.8. The van der Waals surface area contributed by atoms with E-state index in [1.165, 1.54) is 6.26 Å². The van der Waals surface area contributed by atoms with E-state index in [4.69, 9.17) is 9.47 Å². The van der Waals surface area contributed by atoms with Gasteiger partial charge in [-0.3, -0.25) is 4.99 Å². The van der Waals surface area contributed by atoms with Crippen LogP contribution < -0.4 is 15.4 Å². The van der Waals surface area contributed by atoms with Crippen molar-refractivity contribution in [1.29, 1.82) is 0 Å². The monoisotopic (exact) mass is 426 g/mol. The van der Waals surface area contributed by atoms with Crippen molar-refractivity contribution in [2.45, 2.75) is 39.3 Å². The van der Waals surface area contributed by atoms with Gasteiger partial charge in [-0.1, -0.05) is 12.1 Å². The first kappa shape index (κ1) is 23.4. The number of aliphatic imine (C=N–C) groups is 1. The second-order valence-electron chi connectivity index (χ2n) is 7.13. The Morgan fingerprint density at radius 3 is 2.79 bits per heavy atom. The normalized spacial score (nSPS) is 18.1. The third-order valence-corrected chi connectivity index (χ3v) is 6.17. The number of nitrogens with zero attached hydrogens (tertiary/aromatic N) is 2. The number of sulfonamides is 1. The molecule has 0 unspecified atom stereocenters. The van der Waals surface area contributed by atoms with Crippen molar-refractivity contribution in [3.05, 3.63) is 29.3 Å². The number of aryl methyl sites for hydroxylation is 1. The topological polar surface area (TPSA) is 92.3 Å². The molecule has 0 saturated carbocycles. The quantitative estimate of drug-likeness (QED) is 0.335. The summed E-state index contributed by atoms with van der Waals surface area (Å²) in [5.74, 6) is 1.46. The average molecular weight is 427 g/mol. The van der Waals surface area contributed by atoms with Crippen LogP contribution in [-0.2, 0) is 21.3 Å². The zero-order chi connectivity index (χ0) is 21.3. The van der Waals surface area contributed by atoms with Crippen molar-refractivity contribution < 1.29 is 17.9 Å². The Morgan fingerprint density at radius 1 is 1.31 bits per heavy atom. The van der Waals surface area contributed by atoms with Gasteiger partial charge in [0.15, 0.2) is 5.96 Å². The van der Waals surface area contributed by atoms with Crippen LogP contribution in [0, 0.1) is 6.92 Å². The maximum atomic E-state index is 11.9. The SMILES string of the molecule is CCOCCOc1cc(C)ccc1CNC(=NC)NC[C@H]1CCCN1S(C)(=O)=O. The molecule has 1 fully saturated rings. The van der Waals surface area contributed by atoms with Gasteiger partial charge in [0.05, 0.1) is 12.9 Å². The molecule has 1 saturated heterocycles. The van der Waals surface area contributed by atoms with Crippen molar-refractivity contribution in [2.75, 3.05) is 46.2 Å². The van der Waals surface area contributed by atoms with Gasteiger partial charge >= 0.3 is 0 Å². The van der Waals surface area contributed by atoms with Gasteiger partial charge in [0, 0.05) is 44.9 Å². The van der Waals surface area contributed by atoms with Crippen molar-refractivity contribution in [3.8, 4) is 5.75 Å². The Balaban J connectivity index is 1.90. The molecular formula is C20H34N4O4S. The molecule has 0 aliphatic carbocycles. The number of hydrogen-bond acceptors (Lipinski definition) is 5. The standard InChI is InChI=1S/C20H34N4O4S/c1-5-27-11-12-28-19-13-16(2)8-9-17(19)14-22-20(21-3)23-15-18-7-6-10-24(18)29(4,25)26/h8-9,13,18H,5-7,10-12,14-15H2,1-4H3,(H2,21,22,23)/t18-/m1/s1. The maximum Gasteiger partial charge on any atom is 0.211 e. The van der Waals surface area contributed by atoms with Crippen molar-refractivity contribution in [1.82, 2.24) is 14.9 Å². The summed E-state index contributed by atoms with van der Waals surface area (Å²) < 4.78 is 36.6. The minimum atomic E-state index is -3.18. The van der Waals surface area contributed by atoms with Crippen LogP contribution >= 0.6 is 0 Å². The lowest BCUT2D eigenvalue weighted by Crippen LogP contribution is -2.46. The Labute approximate surface area is 174 Å². The zero-order valence-corrected chi connectivity index (χ0v) is 18.7. The highest BCUT2D eigenvalue weighted by Gasteiger charge is 2.31. The molecule has 1 aliphatic heterocycles. The fourth-order valence-corrected chi connectivity index (χ4v) is 4.54. The lowest BCUT2D eigenvalue weighted by molar-refractivity contribution is 0.110. The summed E-state index contributed by atoms with van der Waals surface area (Å²) in [5.41, 5.74) is 2.15. The Kier molecular flexibility index (Phi) is 9.19. The molecule has 9 heteroatoms. The number of benzene rings is 1. The van der Waals surface area contributed by atoms with Gasteiger partial charge < -0.3 is 20.1 Å². The highest BCUT2D eigenvalue weighted by molar-refractivity contribution is 7.88. The molecule has 29 heavy (non-hydrogen) atoms. The summed E-state index contributed by atoms with van der Waals surface area (Å²) >= 11 is 0. The van der Waals surface area contributed by atoms with Crippen LogP contribution in [0.15, 0.2) is 23.2 Å². The summed E-state index contributed by atoms with van der Waals surface area (Å²) in [4.78, 5) is 4.25. The predicted octanol–water partition coefficient (Wildman–Crippen LogP) is 1.50. The van der Waals surface area contributed by atoms with E-state index in [1.807, 2.05) is 32.0 Å². The van der Waals surface area contributed by atoms with Crippen molar-refractivity contribution in [3.63, 3.8) is 0 Å². The Bertz CT molecular complexity index is 783. The minimum Gasteiger partial charge on any atom is -0.491 e. The first-order valence-electron chi connectivity index (χ1n) is 10.1. The minimum absolute atomic E-state index is 0.0413. The summed E-state index contributed by atoms with van der Waals surface area (Å²) in [6, 6.07) is 6.06. The molecule has 1 heterocycles. The smallest absolute Gasteiger partial charge is 0.211 e. The molecule has 0 aromatic heterocycles. The van der Waals surface area contributed by atoms with E-state index in [2.05, 4.69) is 15.6 Å². The van der Waals surface area contributed by atoms with Crippen LogP contribution in [0.2, 0.25) is 0 Å². The molecular weight excluding hydrogens is 392 g/mol. The summed E-state index contributed by atoms with van der Waals surface area (Å²) in [6.45, 7) is 7.37. The summed E-state index contributed by atoms with van der Waals surface area (Å²) in [6.07, 6.45) is 3.01. The van der Waals surface area contributed by atoms with Crippen LogP contribution in [0.1, 0.15) is 30.9 Å². The highest BCUT2D eigenvalue weighted by atomic mass is 32.2. The van der Waals surface area contributed by atoms with Crippen LogP contribution in [0.4, 0.5) is 0 Å². The second-order valence-corrected chi connectivity index (χ2v) is 9.07. The van der Waals surface area contributed by atoms with Gasteiger partial charge in [-0.15, -0.1) is 0 Å². The Hall–Kier alpha value is -1.84. The van der Waals surface area contributed by atoms with Crippen molar-refractivity contribution in [2.24, 2.45) is 4.99 Å². The number of nitrogens with one attached hydrogen (secondary N) is 2. The van der Waals surface area contributed by atoms with Crippen LogP contribution in [0.25, 0.3) is 0 Å². The summed E-state index contributed by atoms with van der Waals surface area (Å²) in [7, 11) is -1.48. The van der Waals surface area contributed by atoms with Gasteiger partial charge in [0.2, 0.25) is 10.0 Å². The number of hydrogen-bond donors (Lipinski definition) is 2. The number of guanidine groups is 1. The van der Waals surface area contributed by atoms with E-state index in [-0.39, 0.29) is 6.04 Å². The van der Waals surface area contributed by atoms with Gasteiger partial charge in [0.25, 0.3) is 0 Å². The molecule has 8 nitrogen and oxygen atoms in total. The highest BCUT2D eigenvalue weighted by Crippen LogP contribution is 2.21. The van der Waals surface area contributed by atoms with Crippen LogP contribution in [-0.4, -0.2) is 70.9 Å². The van der Waals surface area contributed by atoms with E-state index in [1.54, 1.807) is 11.4 Å². The number of rotatable bonds is 10. The zero-order valence-electron chi connectivity index (χ0n) is 17.9. The van der Waals surface area contributed by atoms with E-state index in [0.29, 0.717) is 45.4 Å². The molecule has 1 aromatic rings. The third kappa shape index (κ3) is 7.49. The van der Waals surface area contributed by atoms with Crippen LogP contribution in [0.5, 0.6) is 5.75 Å². The molecule has 164 valence electrons. The number of ether oxygens (including phenoxy) is 2. The van der Waals surface area contributed by atoms with E-state index in [0.717, 1.165) is 29.7 Å². The molecule has 0 bridgehead atoms. The molecule has 0 radical (unpaired) electrons. The lowest BCUT2D eigenvalue weighted by atomic mass is 10.1. The van der Waals surface area contributed by atoms with Gasteiger partial charge in [-0.25, -0.2) is 8.42 Å². The molecule has 0 spiro atoms. The molecule has 2 N–H and O–H groups in total. The second kappa shape index (κ2) is 11.4. The van der Waals surface area contributed by atoms with Gasteiger partial charge in [-0.2, -0.15) is 4.31 Å². The molecule has 1 aromatic carbocycles. The molecule has 1 atom stereocenters. The predicted molar refractivity (Wildman–Crippen MR) is 116 cm³/mol. The van der Waals surface area contributed by atoms with Crippen LogP contribution in [0.3, 0.4) is 0 Å². The molecule has 1 aliphatic rings. The molecule has 2 rings (SSSR count). The maximum absolute atomic E-state index is 11.9. The van der Waals surface area contributed by atoms with Crippen molar-refractivity contribution >= 4 is 16.0 Å². The Morgan fingerprint density at radius 2 is 2.10 bits per heavy atom. The van der Waals surface area contributed by atoms with Gasteiger partial charge in [0.1, 0.15) is 12.4 Å². The fraction of sp³-hybridized carbons (Fsp3) is 0.650. The summed E-state index contributed by atoms with van der Waals surface area (Å²) in [5, 5.41) is 6.53. The molecule has 0 amide bonds. The fourth-order valence-electron chi connectivity index (χ4n) is 3.36. The van der Waals surface area contributed by atoms with E-state index < -0.39 is 10.0 Å². The lowest BCUT2D eigenvalue weighted by Gasteiger charge is -2.23.